The van der Waals surface area contributed by atoms with Crippen molar-refractivity contribution in [1.29, 1.82) is 0 Å². The van der Waals surface area contributed by atoms with Crippen LogP contribution in [-0.2, 0) is 23.0 Å². The number of nitrogens with one attached hydrogen (secondary N) is 1. The Labute approximate surface area is 134 Å². The fraction of sp³-hybridized carbons (Fsp3) is 0.438. The van der Waals surface area contributed by atoms with Crippen molar-refractivity contribution in [3.05, 3.63) is 30.0 Å². The Bertz CT molecular complexity index is 730. The second-order valence-electron chi connectivity index (χ2n) is 6.33. The summed E-state index contributed by atoms with van der Waals surface area (Å²) in [5.74, 6) is -1.13. The molecule has 0 radical (unpaired) electrons. The van der Waals surface area contributed by atoms with E-state index in [-0.39, 0.29) is 6.42 Å². The molecule has 0 saturated carbocycles. The van der Waals surface area contributed by atoms with Gasteiger partial charge >= 0.3 is 12.1 Å². The Morgan fingerprint density at radius 2 is 2.00 bits per heavy atom. The Morgan fingerprint density at radius 1 is 1.35 bits per heavy atom. The minimum Gasteiger partial charge on any atom is -0.480 e. The van der Waals surface area contributed by atoms with Gasteiger partial charge in [-0.15, -0.1) is 0 Å². The van der Waals surface area contributed by atoms with Crippen molar-refractivity contribution >= 4 is 23.0 Å². The molecule has 23 heavy (non-hydrogen) atoms. The molecule has 7 heteroatoms. The van der Waals surface area contributed by atoms with Gasteiger partial charge in [0.2, 0.25) is 0 Å². The standard InChI is InChI=1S/C16H21N3O4/c1-16(2,3)23-15(22)17-12(14(20)21)9-11-10-7-5-6-8-13(10)19(4)18-11/h5-8,12H,9H2,1-4H3,(H,17,22)(H,20,21). The van der Waals surface area contributed by atoms with Crippen LogP contribution in [0.2, 0.25) is 0 Å². The quantitative estimate of drug-likeness (QED) is 0.900. The van der Waals surface area contributed by atoms with E-state index in [0.29, 0.717) is 5.69 Å². The minimum atomic E-state index is -1.13. The fourth-order valence-corrected chi connectivity index (χ4v) is 2.28. The van der Waals surface area contributed by atoms with Crippen molar-refractivity contribution in [2.75, 3.05) is 0 Å². The maximum atomic E-state index is 11.8. The summed E-state index contributed by atoms with van der Waals surface area (Å²) in [6, 6.07) is 6.43. The largest absolute Gasteiger partial charge is 0.480 e. The summed E-state index contributed by atoms with van der Waals surface area (Å²) in [7, 11) is 1.79. The number of carboxylic acid groups (broad SMARTS) is 1. The monoisotopic (exact) mass is 319 g/mol. The number of benzene rings is 1. The normalized spacial score (nSPS) is 12.9. The number of carbonyl (C=O) groups is 2. The van der Waals surface area contributed by atoms with Crippen LogP contribution in [0.25, 0.3) is 10.9 Å². The molecule has 1 unspecified atom stereocenters. The van der Waals surface area contributed by atoms with Gasteiger partial charge in [0.1, 0.15) is 11.6 Å². The zero-order chi connectivity index (χ0) is 17.2. The molecule has 0 fully saturated rings. The molecule has 2 N–H and O–H groups in total. The van der Waals surface area contributed by atoms with E-state index in [9.17, 15) is 14.7 Å². The first-order valence-corrected chi connectivity index (χ1v) is 7.30. The van der Waals surface area contributed by atoms with Crippen molar-refractivity contribution in [1.82, 2.24) is 15.1 Å². The van der Waals surface area contributed by atoms with E-state index < -0.39 is 23.7 Å². The molecule has 0 spiro atoms. The third-order valence-electron chi connectivity index (χ3n) is 3.22. The van der Waals surface area contributed by atoms with Gasteiger partial charge in [-0.3, -0.25) is 4.68 Å². The number of aliphatic carboxylic acids is 1. The number of amides is 1. The first kappa shape index (κ1) is 16.8. The van der Waals surface area contributed by atoms with Crippen molar-refractivity contribution in [2.45, 2.75) is 38.8 Å². The third-order valence-corrected chi connectivity index (χ3v) is 3.22. The highest BCUT2D eigenvalue weighted by Crippen LogP contribution is 2.19. The van der Waals surface area contributed by atoms with Crippen LogP contribution in [-0.4, -0.2) is 38.6 Å². The van der Waals surface area contributed by atoms with Gasteiger partial charge in [-0.2, -0.15) is 5.10 Å². The smallest absolute Gasteiger partial charge is 0.408 e. The van der Waals surface area contributed by atoms with E-state index in [0.717, 1.165) is 10.9 Å². The second-order valence-corrected chi connectivity index (χ2v) is 6.33. The summed E-state index contributed by atoms with van der Waals surface area (Å²) in [6.07, 6.45) is -0.680. The summed E-state index contributed by atoms with van der Waals surface area (Å²) in [4.78, 5) is 23.3. The van der Waals surface area contributed by atoms with Gasteiger partial charge in [-0.1, -0.05) is 18.2 Å². The number of alkyl carbamates (subject to hydrolysis) is 1. The SMILES string of the molecule is Cn1nc(CC(NC(=O)OC(C)(C)C)C(=O)O)c2ccccc21. The molecule has 0 aliphatic carbocycles. The molecule has 0 aliphatic heterocycles. The summed E-state index contributed by atoms with van der Waals surface area (Å²) < 4.78 is 6.80. The maximum absolute atomic E-state index is 11.8. The van der Waals surface area contributed by atoms with Crippen LogP contribution in [0.15, 0.2) is 24.3 Å². The second kappa shape index (κ2) is 6.28. The van der Waals surface area contributed by atoms with E-state index in [1.165, 1.54) is 0 Å². The van der Waals surface area contributed by atoms with Gasteiger partial charge in [0.15, 0.2) is 0 Å². The highest BCUT2D eigenvalue weighted by atomic mass is 16.6. The molecule has 124 valence electrons. The topological polar surface area (TPSA) is 93.5 Å². The molecule has 1 heterocycles. The summed E-state index contributed by atoms with van der Waals surface area (Å²) in [6.45, 7) is 5.15. The Morgan fingerprint density at radius 3 is 2.61 bits per heavy atom. The molecule has 1 aromatic heterocycles. The maximum Gasteiger partial charge on any atom is 0.408 e. The van der Waals surface area contributed by atoms with Gasteiger partial charge in [0, 0.05) is 18.9 Å². The number of hydrogen-bond donors (Lipinski definition) is 2. The molecule has 2 rings (SSSR count). The average Bonchev–Trinajstić information content (AvgIpc) is 2.73. The Kier molecular flexibility index (Phi) is 4.58. The van der Waals surface area contributed by atoms with Gasteiger partial charge in [0.25, 0.3) is 0 Å². The number of carboxylic acids is 1. The lowest BCUT2D eigenvalue weighted by Crippen LogP contribution is -2.44. The fourth-order valence-electron chi connectivity index (χ4n) is 2.28. The van der Waals surface area contributed by atoms with E-state index in [4.69, 9.17) is 4.74 Å². The number of fused-ring (bicyclic) bond motifs is 1. The number of carbonyl (C=O) groups excluding carboxylic acids is 1. The van der Waals surface area contributed by atoms with Gasteiger partial charge < -0.3 is 15.2 Å². The van der Waals surface area contributed by atoms with Crippen molar-refractivity contribution in [3.63, 3.8) is 0 Å². The number of nitrogens with zero attached hydrogens (tertiary/aromatic N) is 2. The predicted octanol–water partition coefficient (Wildman–Crippen LogP) is 2.09. The molecule has 1 aromatic carbocycles. The molecular weight excluding hydrogens is 298 g/mol. The van der Waals surface area contributed by atoms with Crippen LogP contribution in [0.1, 0.15) is 26.5 Å². The molecule has 0 bridgehead atoms. The van der Waals surface area contributed by atoms with Crippen LogP contribution in [0, 0.1) is 0 Å². The number of rotatable bonds is 4. The number of para-hydroxylation sites is 1. The lowest BCUT2D eigenvalue weighted by Gasteiger charge is -2.21. The van der Waals surface area contributed by atoms with E-state index in [1.54, 1.807) is 32.5 Å². The molecule has 7 nitrogen and oxygen atoms in total. The zero-order valence-electron chi connectivity index (χ0n) is 13.7. The summed E-state index contributed by atoms with van der Waals surface area (Å²) >= 11 is 0. The minimum absolute atomic E-state index is 0.0793. The van der Waals surface area contributed by atoms with Crippen LogP contribution in [0.5, 0.6) is 0 Å². The van der Waals surface area contributed by atoms with Gasteiger partial charge in [0.05, 0.1) is 11.2 Å². The van der Waals surface area contributed by atoms with Crippen molar-refractivity contribution in [3.8, 4) is 0 Å². The third kappa shape index (κ3) is 4.21. The van der Waals surface area contributed by atoms with E-state index >= 15 is 0 Å². The first-order valence-electron chi connectivity index (χ1n) is 7.30. The predicted molar refractivity (Wildman–Crippen MR) is 85.2 cm³/mol. The number of aromatic nitrogens is 2. The van der Waals surface area contributed by atoms with Crippen LogP contribution >= 0.6 is 0 Å². The van der Waals surface area contributed by atoms with Crippen LogP contribution in [0.4, 0.5) is 4.79 Å². The summed E-state index contributed by atoms with van der Waals surface area (Å²) in [5.41, 5.74) is 0.834. The molecule has 1 atom stereocenters. The number of ether oxygens (including phenoxy) is 1. The molecule has 1 amide bonds. The highest BCUT2D eigenvalue weighted by molar-refractivity contribution is 5.84. The number of hydrogen-bond acceptors (Lipinski definition) is 4. The average molecular weight is 319 g/mol. The first-order chi connectivity index (χ1) is 10.7. The molecule has 0 saturated heterocycles. The highest BCUT2D eigenvalue weighted by Gasteiger charge is 2.26. The van der Waals surface area contributed by atoms with Crippen molar-refractivity contribution < 1.29 is 19.4 Å². The van der Waals surface area contributed by atoms with E-state index in [2.05, 4.69) is 10.4 Å². The lowest BCUT2D eigenvalue weighted by molar-refractivity contribution is -0.139. The lowest BCUT2D eigenvalue weighted by atomic mass is 10.1. The van der Waals surface area contributed by atoms with Crippen LogP contribution < -0.4 is 5.32 Å². The molecule has 0 aliphatic rings. The number of aryl methyl sites for hydroxylation is 1. The Hall–Kier alpha value is -2.57. The van der Waals surface area contributed by atoms with Crippen molar-refractivity contribution in [2.24, 2.45) is 7.05 Å². The van der Waals surface area contributed by atoms with Gasteiger partial charge in [-0.05, 0) is 26.8 Å². The molecule has 2 aromatic rings. The van der Waals surface area contributed by atoms with E-state index in [1.807, 2.05) is 24.3 Å². The zero-order valence-corrected chi connectivity index (χ0v) is 13.7. The summed E-state index contributed by atoms with van der Waals surface area (Å²) in [5, 5.41) is 17.0. The Balaban J connectivity index is 2.19. The van der Waals surface area contributed by atoms with Crippen LogP contribution in [0.3, 0.4) is 0 Å². The molecular formula is C16H21N3O4. The van der Waals surface area contributed by atoms with Gasteiger partial charge in [-0.25, -0.2) is 9.59 Å².